The zero-order chi connectivity index (χ0) is 63.2. The molecule has 480 valence electrons. The van der Waals surface area contributed by atoms with Crippen molar-refractivity contribution in [3.05, 3.63) is 50.6 Å². The Balaban J connectivity index is 0.751. The minimum atomic E-state index is -4.98. The summed E-state index contributed by atoms with van der Waals surface area (Å²) in [6.45, 7) is -22.9. The number of anilines is 4. The Morgan fingerprint density at radius 2 is 0.640 bits per heavy atom. The summed E-state index contributed by atoms with van der Waals surface area (Å²) in [4.78, 5) is 115. The van der Waals surface area contributed by atoms with Crippen LogP contribution in [0.15, 0.2) is 50.6 Å². The van der Waals surface area contributed by atoms with E-state index in [1.165, 1.54) is 37.3 Å². The number of hydrogen-bond donors (Lipinski definition) is 9. The number of aromatic nitrogens is 16. The highest BCUT2D eigenvalue weighted by Gasteiger charge is 2.52. The van der Waals surface area contributed by atoms with Crippen molar-refractivity contribution in [3.8, 4) is 0 Å². The molecule has 0 aromatic carbocycles. The van der Waals surface area contributed by atoms with Crippen LogP contribution in [-0.2, 0) is 97.8 Å². The largest absolute Gasteiger partial charge is 0.812 e. The van der Waals surface area contributed by atoms with Crippen molar-refractivity contribution in [2.24, 2.45) is 0 Å². The van der Waals surface area contributed by atoms with Gasteiger partial charge in [0.2, 0.25) is 0 Å². The van der Waals surface area contributed by atoms with Crippen LogP contribution in [-0.4, -0.2) is 203 Å². The van der Waals surface area contributed by atoms with Gasteiger partial charge in [-0.1, -0.05) is 42.1 Å². The van der Waals surface area contributed by atoms with Gasteiger partial charge in [0.15, 0.2) is 70.8 Å². The van der Waals surface area contributed by atoms with Crippen molar-refractivity contribution in [1.29, 1.82) is 0 Å². The van der Waals surface area contributed by atoms with Crippen molar-refractivity contribution in [1.82, 2.24) is 78.1 Å². The van der Waals surface area contributed by atoms with Crippen LogP contribution in [0.5, 0.6) is 0 Å². The van der Waals surface area contributed by atoms with Gasteiger partial charge in [0.1, 0.15) is 141 Å². The summed E-state index contributed by atoms with van der Waals surface area (Å²) in [5.41, 5.74) is 24.5. The lowest BCUT2D eigenvalue weighted by Crippen LogP contribution is -2.39. The van der Waals surface area contributed by atoms with E-state index in [0.29, 0.717) is 0 Å². The summed E-state index contributed by atoms with van der Waals surface area (Å²) in [7, 11) is 0. The quantitative estimate of drug-likeness (QED) is 0.0285. The standard InChI is InChI=1S/C40H50N20O21P4S4/c41-29-17-33(49-5-45-29)57(9-53-17)37-25(65)21(61)13(75-37)2-72-83(68,87)80-27-23(63)15(77-39(27)59-11-55-19-31(43)47-7-51-35(19)59)4-74-85(70,89)81-28-24(64)16(78-40(28)60-12-56-20-32(44)48-8-52-36(20)60)3-73-84(69,88)79-26-22(62)14(1-71-82(66,67)86)76-38(26)58-10-54-18-30(42)46-6-50-34(18)58/h5-16,21-28,37-40,61-65H,1-4H2,(H,68,87)(H,69,88)(H,70,89)(H2,41,45,49)(H2,42,46,50)(H2,43,47,51)(H2,44,48,52)(H2,66,67,86)/p-5/t13-,14-,15-,16-,21-,22-,23-,24-,25-,26-,27-,28-,37-,38-,39-,40-,83?,84?,85?/m1/s1. The summed E-state index contributed by atoms with van der Waals surface area (Å²) < 4.78 is 67.9. The number of imidazole rings is 4. The van der Waals surface area contributed by atoms with E-state index in [1.807, 2.05) is 0 Å². The SMILES string of the molecule is Nc1ncnc2c1ncn2[C@@H]1O[C@H](COP([O-])(=S)O[C@@H]2[C@H](O)[C@@H](COP([O-])(=S)O[C@@H]3[C@H](O)[C@@H](COP([O-])(=S)O[C@@H]4[C@H](O)[C@@H](COP([O-])([O-])=S)O[C@H]4n4cnc5c(N)ncnc54)O[C@H]3n3cnc4c(N)ncnc43)O[C@H]2n2cnc3c(N)ncnc32)[C@@H](O)[C@H]1O. The first-order chi connectivity index (χ1) is 42.2. The maximum atomic E-state index is 14.4. The predicted octanol–water partition coefficient (Wildman–Crippen LogP) is -7.01. The Kier molecular flexibility index (Phi) is 18.0. The predicted molar refractivity (Wildman–Crippen MR) is 300 cm³/mol. The molecule has 3 unspecified atom stereocenters. The van der Waals surface area contributed by atoms with E-state index in [9.17, 15) is 50.0 Å². The topological polar surface area (TPSA) is 596 Å². The van der Waals surface area contributed by atoms with Gasteiger partial charge in [0.05, 0.1) is 51.7 Å². The molecule has 0 radical (unpaired) electrons. The number of nitrogens with two attached hydrogens (primary N) is 4. The summed E-state index contributed by atoms with van der Waals surface area (Å²) in [5, 5.41) is 57.3. The first-order valence-corrected chi connectivity index (χ1v) is 35.7. The lowest BCUT2D eigenvalue weighted by atomic mass is 10.1. The van der Waals surface area contributed by atoms with E-state index in [2.05, 4.69) is 71.6 Å². The van der Waals surface area contributed by atoms with Crippen LogP contribution >= 0.6 is 26.9 Å². The van der Waals surface area contributed by atoms with E-state index in [4.69, 9.17) is 109 Å². The van der Waals surface area contributed by atoms with E-state index in [1.54, 1.807) is 0 Å². The van der Waals surface area contributed by atoms with Gasteiger partial charge >= 0.3 is 0 Å². The molecule has 19 atom stereocenters. The Morgan fingerprint density at radius 3 is 0.933 bits per heavy atom. The van der Waals surface area contributed by atoms with Crippen LogP contribution < -0.4 is 47.4 Å². The molecule has 0 spiro atoms. The van der Waals surface area contributed by atoms with Crippen LogP contribution in [0.4, 0.5) is 23.3 Å². The fourth-order valence-electron chi connectivity index (χ4n) is 10.1. The molecule has 0 bridgehead atoms. The molecule has 4 saturated heterocycles. The average Bonchev–Trinajstić information content (AvgIpc) is 1.70. The number of ether oxygens (including phenoxy) is 4. The van der Waals surface area contributed by atoms with Crippen LogP contribution in [0.2, 0.25) is 0 Å². The molecule has 49 heteroatoms. The second kappa shape index (κ2) is 24.9. The molecule has 8 aromatic rings. The number of hydrogen-bond acceptors (Lipinski definition) is 41. The Hall–Kier alpha value is -4.84. The molecule has 12 heterocycles. The van der Waals surface area contributed by atoms with Gasteiger partial charge in [-0.05, 0) is 0 Å². The van der Waals surface area contributed by atoms with E-state index < -0.39 is 151 Å². The third-order valence-corrected chi connectivity index (χ3v) is 19.7. The first-order valence-electron chi connectivity index (χ1n) is 25.5. The number of aliphatic hydroxyl groups excluding tert-OH is 5. The maximum Gasteiger partial charge on any atom is 0.167 e. The molecule has 0 amide bonds. The van der Waals surface area contributed by atoms with Gasteiger partial charge in [0, 0.05) is 0 Å². The van der Waals surface area contributed by atoms with Gasteiger partial charge in [-0.25, -0.2) is 59.8 Å². The molecule has 0 aliphatic carbocycles. The Bertz CT molecular complexity index is 4160. The Labute approximate surface area is 516 Å². The molecule has 41 nitrogen and oxygen atoms in total. The molecule has 4 fully saturated rings. The lowest BCUT2D eigenvalue weighted by Gasteiger charge is -2.35. The summed E-state index contributed by atoms with van der Waals surface area (Å²) in [5.74, 6) is -0.180. The second-order valence-electron chi connectivity index (χ2n) is 19.7. The van der Waals surface area contributed by atoms with Crippen molar-refractivity contribution in [3.63, 3.8) is 0 Å². The zero-order valence-corrected chi connectivity index (χ0v) is 51.2. The first kappa shape index (κ1) is 64.3. The zero-order valence-electron chi connectivity index (χ0n) is 44.3. The number of fused-ring (bicyclic) bond motifs is 4. The third kappa shape index (κ3) is 12.9. The molecule has 12 rings (SSSR count). The summed E-state index contributed by atoms with van der Waals surface area (Å²) in [6.07, 6.45) is -17.4. The van der Waals surface area contributed by atoms with Crippen LogP contribution in [0.3, 0.4) is 0 Å². The van der Waals surface area contributed by atoms with Crippen molar-refractivity contribution < 1.29 is 101 Å². The maximum absolute atomic E-state index is 14.4. The monoisotopic (exact) mass is 1390 g/mol. The number of nitrogens with zero attached hydrogens (tertiary/aromatic N) is 16. The van der Waals surface area contributed by atoms with Gasteiger partial charge in [-0.3, -0.25) is 18.3 Å². The average molecular weight is 1390 g/mol. The fraction of sp³-hybridized carbons (Fsp3) is 0.500. The minimum absolute atomic E-state index is 0.00875. The molecule has 13 N–H and O–H groups in total. The third-order valence-electron chi connectivity index (χ3n) is 14.3. The number of rotatable bonds is 22. The second-order valence-corrected chi connectivity index (χ2v) is 30.3. The van der Waals surface area contributed by atoms with Crippen LogP contribution in [0.25, 0.3) is 44.7 Å². The Morgan fingerprint density at radius 1 is 0.382 bits per heavy atom. The van der Waals surface area contributed by atoms with Gasteiger partial charge in [0.25, 0.3) is 0 Å². The molecule has 89 heavy (non-hydrogen) atoms. The molecular formula is C40H45N20O21P4S4-5. The van der Waals surface area contributed by atoms with E-state index in [-0.39, 0.29) is 67.9 Å². The molecular weight excluding hydrogens is 1350 g/mol. The highest BCUT2D eigenvalue weighted by molar-refractivity contribution is 8.07. The molecule has 4 aliphatic rings. The van der Waals surface area contributed by atoms with Gasteiger partial charge < -0.3 is 124 Å². The van der Waals surface area contributed by atoms with Crippen molar-refractivity contribution >= 4 is 142 Å². The van der Waals surface area contributed by atoms with Gasteiger partial charge in [-0.15, -0.1) is 11.8 Å². The molecule has 4 aliphatic heterocycles. The van der Waals surface area contributed by atoms with Crippen LogP contribution in [0, 0.1) is 0 Å². The molecule has 0 saturated carbocycles. The normalized spacial score (nSPS) is 31.3. The smallest absolute Gasteiger partial charge is 0.167 e. The number of aliphatic hydroxyl groups is 5. The lowest BCUT2D eigenvalue weighted by molar-refractivity contribution is -0.322. The van der Waals surface area contributed by atoms with Crippen molar-refractivity contribution in [2.75, 3.05) is 49.4 Å². The van der Waals surface area contributed by atoms with Crippen molar-refractivity contribution in [2.45, 2.75) is 98.2 Å². The summed E-state index contributed by atoms with van der Waals surface area (Å²) >= 11 is 20.2. The fourth-order valence-corrected chi connectivity index (χ4v) is 14.8. The van der Waals surface area contributed by atoms with E-state index in [0.717, 1.165) is 31.6 Å². The highest BCUT2D eigenvalue weighted by atomic mass is 32.5. The van der Waals surface area contributed by atoms with Crippen LogP contribution in [0.1, 0.15) is 24.9 Å². The highest BCUT2D eigenvalue weighted by Crippen LogP contribution is 2.52. The minimum Gasteiger partial charge on any atom is -0.812 e. The van der Waals surface area contributed by atoms with Gasteiger partial charge in [-0.2, -0.15) is 0 Å². The number of nitrogen functional groups attached to an aromatic ring is 4. The molecule has 8 aromatic heterocycles. The summed E-state index contributed by atoms with van der Waals surface area (Å²) in [6, 6.07) is 0. The van der Waals surface area contributed by atoms with E-state index >= 15 is 0 Å².